The number of halogens is 1. The van der Waals surface area contributed by atoms with E-state index >= 15 is 0 Å². The SMILES string of the molecule is O=C(Nc1nnc(-c2cccc(-c3ccsc3)c2)o1)c1ccc(Cl)cc1. The second-order valence-electron chi connectivity index (χ2n) is 5.47. The Labute approximate surface area is 158 Å². The Morgan fingerprint density at radius 2 is 1.81 bits per heavy atom. The van der Waals surface area contributed by atoms with Gasteiger partial charge in [0.15, 0.2) is 0 Å². The lowest BCUT2D eigenvalue weighted by atomic mass is 10.1. The van der Waals surface area contributed by atoms with Gasteiger partial charge < -0.3 is 4.42 Å². The van der Waals surface area contributed by atoms with Crippen LogP contribution in [0.2, 0.25) is 5.02 Å². The molecule has 4 aromatic rings. The highest BCUT2D eigenvalue weighted by Gasteiger charge is 2.13. The molecule has 2 aromatic carbocycles. The van der Waals surface area contributed by atoms with Crippen molar-refractivity contribution in [2.45, 2.75) is 0 Å². The molecule has 0 saturated carbocycles. The zero-order valence-corrected chi connectivity index (χ0v) is 14.9. The van der Waals surface area contributed by atoms with Gasteiger partial charge in [0.05, 0.1) is 0 Å². The van der Waals surface area contributed by atoms with E-state index in [1.54, 1.807) is 35.6 Å². The zero-order chi connectivity index (χ0) is 17.9. The van der Waals surface area contributed by atoms with E-state index in [4.69, 9.17) is 16.0 Å². The number of carbonyl (C=O) groups excluding carboxylic acids is 1. The lowest BCUT2D eigenvalue weighted by Gasteiger charge is -2.01. The van der Waals surface area contributed by atoms with Crippen molar-refractivity contribution in [1.82, 2.24) is 10.2 Å². The molecule has 0 atom stereocenters. The third-order valence-electron chi connectivity index (χ3n) is 3.72. The third kappa shape index (κ3) is 3.51. The maximum Gasteiger partial charge on any atom is 0.322 e. The summed E-state index contributed by atoms with van der Waals surface area (Å²) in [5, 5.41) is 15.2. The van der Waals surface area contributed by atoms with Crippen molar-refractivity contribution in [3.8, 4) is 22.6 Å². The number of nitrogens with one attached hydrogen (secondary N) is 1. The monoisotopic (exact) mass is 381 g/mol. The van der Waals surface area contributed by atoms with Gasteiger partial charge in [-0.1, -0.05) is 28.8 Å². The number of benzene rings is 2. The molecule has 4 rings (SSSR count). The van der Waals surface area contributed by atoms with Gasteiger partial charge in [0.1, 0.15) is 0 Å². The smallest absolute Gasteiger partial charge is 0.322 e. The number of amides is 1. The number of hydrogen-bond acceptors (Lipinski definition) is 5. The van der Waals surface area contributed by atoms with Crippen molar-refractivity contribution in [1.29, 1.82) is 0 Å². The van der Waals surface area contributed by atoms with Crippen LogP contribution in [0.3, 0.4) is 0 Å². The molecule has 0 saturated heterocycles. The second kappa shape index (κ2) is 7.11. The van der Waals surface area contributed by atoms with Crippen molar-refractivity contribution in [3.63, 3.8) is 0 Å². The highest BCUT2D eigenvalue weighted by Crippen LogP contribution is 2.27. The van der Waals surface area contributed by atoms with Crippen LogP contribution in [-0.4, -0.2) is 16.1 Å². The Hall–Kier alpha value is -2.96. The van der Waals surface area contributed by atoms with Crippen LogP contribution in [0.4, 0.5) is 6.01 Å². The molecule has 2 heterocycles. The summed E-state index contributed by atoms with van der Waals surface area (Å²) >= 11 is 7.46. The first-order chi connectivity index (χ1) is 12.7. The summed E-state index contributed by atoms with van der Waals surface area (Å²) in [4.78, 5) is 12.2. The molecule has 5 nitrogen and oxygen atoms in total. The molecule has 1 N–H and O–H groups in total. The van der Waals surface area contributed by atoms with E-state index in [1.165, 1.54) is 0 Å². The quantitative estimate of drug-likeness (QED) is 0.516. The Kier molecular flexibility index (Phi) is 4.51. The number of thiophene rings is 1. The van der Waals surface area contributed by atoms with Gasteiger partial charge in [-0.3, -0.25) is 10.1 Å². The summed E-state index contributed by atoms with van der Waals surface area (Å²) in [7, 11) is 0. The van der Waals surface area contributed by atoms with Crippen LogP contribution >= 0.6 is 22.9 Å². The molecule has 2 aromatic heterocycles. The van der Waals surface area contributed by atoms with Crippen LogP contribution in [0.5, 0.6) is 0 Å². The molecule has 0 aliphatic rings. The number of carbonyl (C=O) groups is 1. The molecule has 0 spiro atoms. The molecule has 0 fully saturated rings. The minimum absolute atomic E-state index is 0.0425. The van der Waals surface area contributed by atoms with Crippen LogP contribution in [0, 0.1) is 0 Å². The summed E-state index contributed by atoms with van der Waals surface area (Å²) in [6.45, 7) is 0. The number of nitrogens with zero attached hydrogens (tertiary/aromatic N) is 2. The summed E-state index contributed by atoms with van der Waals surface area (Å²) < 4.78 is 5.58. The topological polar surface area (TPSA) is 68.0 Å². The summed E-state index contributed by atoms with van der Waals surface area (Å²) in [6, 6.07) is 16.4. The van der Waals surface area contributed by atoms with Crippen molar-refractivity contribution in [3.05, 3.63) is 75.9 Å². The Bertz CT molecular complexity index is 1040. The molecule has 0 aliphatic heterocycles. The fourth-order valence-electron chi connectivity index (χ4n) is 2.42. The van der Waals surface area contributed by atoms with Crippen molar-refractivity contribution < 1.29 is 9.21 Å². The minimum atomic E-state index is -0.344. The molecular weight excluding hydrogens is 370 g/mol. The van der Waals surface area contributed by atoms with E-state index in [0.717, 1.165) is 16.7 Å². The van der Waals surface area contributed by atoms with Crippen molar-refractivity contribution in [2.24, 2.45) is 0 Å². The van der Waals surface area contributed by atoms with Gasteiger partial charge in [0.25, 0.3) is 5.91 Å². The van der Waals surface area contributed by atoms with Crippen molar-refractivity contribution >= 4 is 34.9 Å². The Morgan fingerprint density at radius 3 is 2.58 bits per heavy atom. The van der Waals surface area contributed by atoms with E-state index in [-0.39, 0.29) is 11.9 Å². The number of anilines is 1. The molecule has 0 bridgehead atoms. The summed E-state index contributed by atoms with van der Waals surface area (Å²) in [6.07, 6.45) is 0. The van der Waals surface area contributed by atoms with Crippen LogP contribution in [0.25, 0.3) is 22.6 Å². The predicted molar refractivity (Wildman–Crippen MR) is 102 cm³/mol. The first kappa shape index (κ1) is 16.5. The highest BCUT2D eigenvalue weighted by atomic mass is 35.5. The molecule has 0 unspecified atom stereocenters. The van der Waals surface area contributed by atoms with Gasteiger partial charge in [0, 0.05) is 16.1 Å². The fourth-order valence-corrected chi connectivity index (χ4v) is 3.21. The van der Waals surface area contributed by atoms with Gasteiger partial charge in [-0.2, -0.15) is 11.3 Å². The van der Waals surface area contributed by atoms with Crippen LogP contribution < -0.4 is 5.32 Å². The fraction of sp³-hybridized carbons (Fsp3) is 0. The van der Waals surface area contributed by atoms with E-state index in [2.05, 4.69) is 27.0 Å². The van der Waals surface area contributed by atoms with Crippen molar-refractivity contribution in [2.75, 3.05) is 5.32 Å². The molecule has 1 amide bonds. The standard InChI is InChI=1S/C19H12ClN3O2S/c20-16-6-4-12(5-7-16)17(24)21-19-23-22-18(25-19)14-3-1-2-13(10-14)15-8-9-26-11-15/h1-11H,(H,21,23,24). The highest BCUT2D eigenvalue weighted by molar-refractivity contribution is 7.08. The first-order valence-corrected chi connectivity index (χ1v) is 9.04. The molecule has 7 heteroatoms. The van der Waals surface area contributed by atoms with Gasteiger partial charge in [-0.05, 0) is 64.4 Å². The average molecular weight is 382 g/mol. The van der Waals surface area contributed by atoms with Gasteiger partial charge >= 0.3 is 6.01 Å². The minimum Gasteiger partial charge on any atom is -0.403 e. The molecule has 0 radical (unpaired) electrons. The van der Waals surface area contributed by atoms with Gasteiger partial charge in [-0.25, -0.2) is 0 Å². The van der Waals surface area contributed by atoms with E-state index in [0.29, 0.717) is 16.5 Å². The lowest BCUT2D eigenvalue weighted by molar-refractivity contribution is 0.102. The van der Waals surface area contributed by atoms with Crippen LogP contribution in [0.15, 0.2) is 69.8 Å². The number of hydrogen-bond donors (Lipinski definition) is 1. The molecule has 0 aliphatic carbocycles. The second-order valence-corrected chi connectivity index (χ2v) is 6.68. The van der Waals surface area contributed by atoms with Crippen LogP contribution in [0.1, 0.15) is 10.4 Å². The normalized spacial score (nSPS) is 10.7. The summed E-state index contributed by atoms with van der Waals surface area (Å²) in [5.74, 6) is -0.00243. The Morgan fingerprint density at radius 1 is 1.00 bits per heavy atom. The molecule has 26 heavy (non-hydrogen) atoms. The number of aromatic nitrogens is 2. The predicted octanol–water partition coefficient (Wildman–Crippen LogP) is 5.37. The lowest BCUT2D eigenvalue weighted by Crippen LogP contribution is -2.11. The first-order valence-electron chi connectivity index (χ1n) is 7.72. The van der Waals surface area contributed by atoms with Crippen LogP contribution in [-0.2, 0) is 0 Å². The maximum absolute atomic E-state index is 12.2. The van der Waals surface area contributed by atoms with Gasteiger partial charge in [0.2, 0.25) is 5.89 Å². The van der Waals surface area contributed by atoms with E-state index in [9.17, 15) is 4.79 Å². The third-order valence-corrected chi connectivity index (χ3v) is 4.65. The number of rotatable bonds is 4. The average Bonchev–Trinajstić information content (AvgIpc) is 3.34. The largest absolute Gasteiger partial charge is 0.403 e. The maximum atomic E-state index is 12.2. The van der Waals surface area contributed by atoms with E-state index in [1.807, 2.05) is 29.6 Å². The molecule has 128 valence electrons. The zero-order valence-electron chi connectivity index (χ0n) is 13.3. The Balaban J connectivity index is 1.54. The van der Waals surface area contributed by atoms with E-state index < -0.39 is 0 Å². The van der Waals surface area contributed by atoms with Gasteiger partial charge in [-0.15, -0.1) is 5.10 Å². The summed E-state index contributed by atoms with van der Waals surface area (Å²) in [5.41, 5.74) is 3.43. The molecular formula is C19H12ClN3O2S.